The number of halogens is 4. The summed E-state index contributed by atoms with van der Waals surface area (Å²) in [6, 6.07) is 6.60. The van der Waals surface area contributed by atoms with Crippen molar-refractivity contribution in [1.82, 2.24) is 10.2 Å². The molecular weight excluding hydrogens is 372 g/mol. The molecule has 0 atom stereocenters. The van der Waals surface area contributed by atoms with Gasteiger partial charge in [0.1, 0.15) is 5.83 Å². The maximum Gasteiger partial charge on any atom is 0.490 e. The van der Waals surface area contributed by atoms with Crippen LogP contribution in [0.4, 0.5) is 17.6 Å². The number of alkyl halides is 3. The van der Waals surface area contributed by atoms with Crippen LogP contribution in [0.5, 0.6) is 0 Å². The third-order valence-corrected chi connectivity index (χ3v) is 3.97. The van der Waals surface area contributed by atoms with Crippen molar-refractivity contribution in [3.05, 3.63) is 46.8 Å². The Morgan fingerprint density at radius 1 is 1.15 bits per heavy atom. The van der Waals surface area contributed by atoms with Crippen molar-refractivity contribution < 1.29 is 37.1 Å². The van der Waals surface area contributed by atoms with Gasteiger partial charge in [-0.2, -0.15) is 13.2 Å². The second-order valence-corrected chi connectivity index (χ2v) is 5.83. The van der Waals surface area contributed by atoms with Gasteiger partial charge >= 0.3 is 12.1 Å². The van der Waals surface area contributed by atoms with Crippen LogP contribution in [-0.2, 0) is 4.79 Å². The molecule has 0 bridgehead atoms. The molecule has 2 aliphatic rings. The Kier molecular flexibility index (Phi) is 6.32. The molecule has 2 N–H and O–H groups in total. The number of rotatable bonds is 2. The van der Waals surface area contributed by atoms with Crippen molar-refractivity contribution >= 4 is 17.8 Å². The molecule has 0 spiro atoms. The van der Waals surface area contributed by atoms with Crippen molar-refractivity contribution in [3.8, 4) is 0 Å². The van der Waals surface area contributed by atoms with Crippen LogP contribution in [0.2, 0.25) is 0 Å². The number of carboxylic acids is 1. The number of amides is 2. The summed E-state index contributed by atoms with van der Waals surface area (Å²) in [6.07, 6.45) is -3.52. The van der Waals surface area contributed by atoms with Crippen LogP contribution in [0.3, 0.4) is 0 Å². The SMILES string of the molecule is O=C(O)C(F)(F)F.O=C1c2ccccc2C(=O)N1C/C(F)=C1\CCCNC1. The first kappa shape index (κ1) is 20.6. The third kappa shape index (κ3) is 4.91. The molecule has 27 heavy (non-hydrogen) atoms. The van der Waals surface area contributed by atoms with Crippen LogP contribution in [0.25, 0.3) is 0 Å². The van der Waals surface area contributed by atoms with E-state index in [9.17, 15) is 27.2 Å². The van der Waals surface area contributed by atoms with Gasteiger partial charge in [0.15, 0.2) is 0 Å². The topological polar surface area (TPSA) is 86.7 Å². The summed E-state index contributed by atoms with van der Waals surface area (Å²) >= 11 is 0. The van der Waals surface area contributed by atoms with Crippen LogP contribution < -0.4 is 5.32 Å². The van der Waals surface area contributed by atoms with Crippen LogP contribution in [0, 0.1) is 0 Å². The van der Waals surface area contributed by atoms with Gasteiger partial charge in [-0.25, -0.2) is 9.18 Å². The predicted octanol–water partition coefficient (Wildman–Crippen LogP) is 2.52. The number of nitrogens with one attached hydrogen (secondary N) is 1. The fraction of sp³-hybridized carbons (Fsp3) is 0.353. The van der Waals surface area contributed by atoms with E-state index in [0.717, 1.165) is 17.9 Å². The Hall–Kier alpha value is -2.75. The summed E-state index contributed by atoms with van der Waals surface area (Å²) in [5.74, 6) is -3.95. The number of nitrogens with zero attached hydrogens (tertiary/aromatic N) is 1. The molecule has 146 valence electrons. The number of piperidine rings is 1. The second-order valence-electron chi connectivity index (χ2n) is 5.83. The minimum Gasteiger partial charge on any atom is -0.475 e. The monoisotopic (exact) mass is 388 g/mol. The fourth-order valence-electron chi connectivity index (χ4n) is 2.62. The summed E-state index contributed by atoms with van der Waals surface area (Å²) in [6.45, 7) is 1.11. The molecule has 1 aromatic rings. The lowest BCUT2D eigenvalue weighted by atomic mass is 10.1. The highest BCUT2D eigenvalue weighted by atomic mass is 19.4. The van der Waals surface area contributed by atoms with Gasteiger partial charge < -0.3 is 10.4 Å². The highest BCUT2D eigenvalue weighted by Gasteiger charge is 2.38. The summed E-state index contributed by atoms with van der Waals surface area (Å²) in [5, 5.41) is 10.2. The maximum atomic E-state index is 14.2. The zero-order valence-electron chi connectivity index (χ0n) is 14.0. The lowest BCUT2D eigenvalue weighted by molar-refractivity contribution is -0.192. The number of carbonyl (C=O) groups is 3. The average Bonchev–Trinajstić information content (AvgIpc) is 2.87. The number of carboxylic acid groups (broad SMARTS) is 1. The Morgan fingerprint density at radius 3 is 2.07 bits per heavy atom. The lowest BCUT2D eigenvalue weighted by Crippen LogP contribution is -2.32. The van der Waals surface area contributed by atoms with E-state index in [0.29, 0.717) is 29.7 Å². The van der Waals surface area contributed by atoms with Crippen molar-refractivity contribution in [1.29, 1.82) is 0 Å². The van der Waals surface area contributed by atoms with Gasteiger partial charge in [-0.1, -0.05) is 12.1 Å². The molecule has 1 fully saturated rings. The van der Waals surface area contributed by atoms with Crippen LogP contribution in [0.15, 0.2) is 35.7 Å². The van der Waals surface area contributed by atoms with E-state index in [1.807, 2.05) is 0 Å². The molecule has 3 rings (SSSR count). The highest BCUT2D eigenvalue weighted by molar-refractivity contribution is 6.21. The summed E-state index contributed by atoms with van der Waals surface area (Å²) in [7, 11) is 0. The van der Waals surface area contributed by atoms with E-state index < -0.39 is 24.0 Å². The average molecular weight is 388 g/mol. The molecule has 1 aromatic carbocycles. The van der Waals surface area contributed by atoms with Gasteiger partial charge in [0.25, 0.3) is 11.8 Å². The van der Waals surface area contributed by atoms with Crippen molar-refractivity contribution in [2.24, 2.45) is 0 Å². The van der Waals surface area contributed by atoms with Crippen molar-refractivity contribution in [3.63, 3.8) is 0 Å². The molecule has 2 heterocycles. The molecule has 0 unspecified atom stereocenters. The molecule has 1 saturated heterocycles. The largest absolute Gasteiger partial charge is 0.490 e. The van der Waals surface area contributed by atoms with E-state index in [4.69, 9.17) is 9.90 Å². The quantitative estimate of drug-likeness (QED) is 0.601. The normalized spacial score (nSPS) is 18.6. The maximum absolute atomic E-state index is 14.2. The Bertz CT molecular complexity index is 746. The van der Waals surface area contributed by atoms with Crippen LogP contribution in [-0.4, -0.2) is 53.6 Å². The zero-order chi connectivity index (χ0) is 20.2. The standard InChI is InChI=1S/C15H15FN2O2.C2HF3O2/c16-13(10-4-3-7-17-8-10)9-18-14(19)11-5-1-2-6-12(11)15(18)20;3-2(4,5)1(6)7/h1-2,5-6,17H,3-4,7-9H2;(H,6,7)/b13-10-;. The molecule has 10 heteroatoms. The van der Waals surface area contributed by atoms with E-state index >= 15 is 0 Å². The zero-order valence-corrected chi connectivity index (χ0v) is 14.0. The van der Waals surface area contributed by atoms with Gasteiger partial charge in [-0.05, 0) is 37.1 Å². The predicted molar refractivity (Wildman–Crippen MR) is 85.7 cm³/mol. The lowest BCUT2D eigenvalue weighted by Gasteiger charge is -2.19. The minimum atomic E-state index is -5.08. The number of imide groups is 1. The fourth-order valence-corrected chi connectivity index (χ4v) is 2.62. The Morgan fingerprint density at radius 2 is 1.67 bits per heavy atom. The van der Waals surface area contributed by atoms with Crippen LogP contribution >= 0.6 is 0 Å². The summed E-state index contributed by atoms with van der Waals surface area (Å²) in [4.78, 5) is 34.1. The van der Waals surface area contributed by atoms with Gasteiger partial charge in [0.05, 0.1) is 17.7 Å². The molecular formula is C17H16F4N2O4. The van der Waals surface area contributed by atoms with Crippen molar-refractivity contribution in [2.75, 3.05) is 19.6 Å². The Balaban J connectivity index is 0.000000321. The number of hydrogen-bond acceptors (Lipinski definition) is 4. The van der Waals surface area contributed by atoms with Crippen LogP contribution in [0.1, 0.15) is 33.6 Å². The number of hydrogen-bond donors (Lipinski definition) is 2. The molecule has 0 saturated carbocycles. The van der Waals surface area contributed by atoms with Crippen molar-refractivity contribution in [2.45, 2.75) is 19.0 Å². The Labute approximate surface area is 151 Å². The van der Waals surface area contributed by atoms with Gasteiger partial charge in [0, 0.05) is 6.54 Å². The summed E-state index contributed by atoms with van der Waals surface area (Å²) < 4.78 is 45.9. The third-order valence-electron chi connectivity index (χ3n) is 3.97. The van der Waals surface area contributed by atoms with E-state index in [1.165, 1.54) is 0 Å². The number of fused-ring (bicyclic) bond motifs is 1. The van der Waals surface area contributed by atoms with E-state index in [-0.39, 0.29) is 12.4 Å². The molecule has 0 aromatic heterocycles. The highest BCUT2D eigenvalue weighted by Crippen LogP contribution is 2.25. The molecule has 2 aliphatic heterocycles. The number of aliphatic carboxylic acids is 1. The number of benzene rings is 1. The first-order valence-corrected chi connectivity index (χ1v) is 7.95. The minimum absolute atomic E-state index is 0.261. The van der Waals surface area contributed by atoms with Gasteiger partial charge in [-0.15, -0.1) is 0 Å². The molecule has 0 aliphatic carbocycles. The molecule has 6 nitrogen and oxygen atoms in total. The van der Waals surface area contributed by atoms with Gasteiger partial charge in [-0.3, -0.25) is 14.5 Å². The second kappa shape index (κ2) is 8.30. The first-order valence-electron chi connectivity index (χ1n) is 7.95. The first-order chi connectivity index (χ1) is 12.6. The molecule has 2 amide bonds. The van der Waals surface area contributed by atoms with E-state index in [2.05, 4.69) is 5.32 Å². The smallest absolute Gasteiger partial charge is 0.475 e. The molecule has 0 radical (unpaired) electrons. The van der Waals surface area contributed by atoms with E-state index in [1.54, 1.807) is 24.3 Å². The number of carbonyl (C=O) groups excluding carboxylic acids is 2. The van der Waals surface area contributed by atoms with Gasteiger partial charge in [0.2, 0.25) is 0 Å². The summed E-state index contributed by atoms with van der Waals surface area (Å²) in [5.41, 5.74) is 1.38.